The zero-order valence-corrected chi connectivity index (χ0v) is 9.33. The van der Waals surface area contributed by atoms with Gasteiger partial charge in [0, 0.05) is 13.1 Å². The molecule has 0 aromatic heterocycles. The number of carbonyl (C=O) groups is 1. The third-order valence-electron chi connectivity index (χ3n) is 2.43. The van der Waals surface area contributed by atoms with Crippen molar-refractivity contribution in [3.63, 3.8) is 0 Å². The Kier molecular flexibility index (Phi) is 3.31. The summed E-state index contributed by atoms with van der Waals surface area (Å²) >= 11 is 0. The van der Waals surface area contributed by atoms with Crippen molar-refractivity contribution < 1.29 is 22.7 Å². The van der Waals surface area contributed by atoms with Gasteiger partial charge in [0.05, 0.1) is 11.4 Å². The van der Waals surface area contributed by atoms with E-state index in [1.54, 1.807) is 24.3 Å². The Morgan fingerprint density at radius 2 is 2.11 bits per heavy atom. The maximum Gasteiger partial charge on any atom is 0.422 e. The van der Waals surface area contributed by atoms with Gasteiger partial charge in [0.1, 0.15) is 0 Å². The fourth-order valence-electron chi connectivity index (χ4n) is 1.69. The largest absolute Gasteiger partial charge is 0.439 e. The molecule has 0 aliphatic carbocycles. The Morgan fingerprint density at radius 3 is 2.83 bits per heavy atom. The van der Waals surface area contributed by atoms with Crippen molar-refractivity contribution in [2.75, 3.05) is 29.9 Å². The van der Waals surface area contributed by atoms with E-state index >= 15 is 0 Å². The van der Waals surface area contributed by atoms with Crippen LogP contribution in [0, 0.1) is 0 Å². The van der Waals surface area contributed by atoms with Crippen molar-refractivity contribution in [3.05, 3.63) is 24.3 Å². The second-order valence-electron chi connectivity index (χ2n) is 3.77. The summed E-state index contributed by atoms with van der Waals surface area (Å²) in [6.45, 7) is -0.830. The number of hydrogen-bond donors (Lipinski definition) is 1. The standard InChI is InChI=1S/C11H11F3N2O2/c12-11(13,14)7-18-10(17)16-6-5-15-8-3-1-2-4-9(8)16/h1-4,15H,5-7H2. The lowest BCUT2D eigenvalue weighted by atomic mass is 10.2. The van der Waals surface area contributed by atoms with E-state index in [4.69, 9.17) is 0 Å². The van der Waals surface area contributed by atoms with Gasteiger partial charge >= 0.3 is 12.3 Å². The number of hydrogen-bond acceptors (Lipinski definition) is 3. The van der Waals surface area contributed by atoms with Crippen LogP contribution in [-0.4, -0.2) is 32.0 Å². The van der Waals surface area contributed by atoms with Gasteiger partial charge in [0.15, 0.2) is 6.61 Å². The molecule has 1 N–H and O–H groups in total. The SMILES string of the molecule is O=C(OCC(F)(F)F)N1CCNc2ccccc21. The molecular weight excluding hydrogens is 249 g/mol. The molecule has 0 unspecified atom stereocenters. The van der Waals surface area contributed by atoms with Crippen LogP contribution in [0.1, 0.15) is 0 Å². The summed E-state index contributed by atoms with van der Waals surface area (Å²) in [7, 11) is 0. The molecule has 1 amide bonds. The molecule has 1 aliphatic rings. The highest BCUT2D eigenvalue weighted by molar-refractivity contribution is 5.93. The molecule has 2 rings (SSSR count). The topological polar surface area (TPSA) is 41.6 Å². The summed E-state index contributed by atoms with van der Waals surface area (Å²) in [6.07, 6.45) is -5.50. The third-order valence-corrected chi connectivity index (χ3v) is 2.43. The zero-order valence-electron chi connectivity index (χ0n) is 9.33. The van der Waals surface area contributed by atoms with E-state index in [0.29, 0.717) is 17.9 Å². The highest BCUT2D eigenvalue weighted by Crippen LogP contribution is 2.29. The lowest BCUT2D eigenvalue weighted by Crippen LogP contribution is -2.40. The Bertz CT molecular complexity index is 448. The van der Waals surface area contributed by atoms with Crippen LogP contribution in [-0.2, 0) is 4.74 Å². The first-order valence-electron chi connectivity index (χ1n) is 5.31. The van der Waals surface area contributed by atoms with E-state index in [-0.39, 0.29) is 6.54 Å². The summed E-state index contributed by atoms with van der Waals surface area (Å²) in [5, 5.41) is 3.05. The number of anilines is 2. The normalized spacial score (nSPS) is 14.7. The number of rotatable bonds is 1. The minimum Gasteiger partial charge on any atom is -0.439 e. The van der Waals surface area contributed by atoms with Crippen molar-refractivity contribution in [2.45, 2.75) is 6.18 Å². The quantitative estimate of drug-likeness (QED) is 0.843. The number of amides is 1. The summed E-state index contributed by atoms with van der Waals surface area (Å²) in [4.78, 5) is 12.8. The Hall–Kier alpha value is -1.92. The molecule has 0 saturated heterocycles. The molecule has 0 radical (unpaired) electrons. The first-order valence-corrected chi connectivity index (χ1v) is 5.31. The van der Waals surface area contributed by atoms with Crippen molar-refractivity contribution in [1.29, 1.82) is 0 Å². The first kappa shape index (κ1) is 12.5. The predicted molar refractivity (Wildman–Crippen MR) is 59.7 cm³/mol. The monoisotopic (exact) mass is 260 g/mol. The predicted octanol–water partition coefficient (Wildman–Crippen LogP) is 2.62. The molecule has 0 bridgehead atoms. The van der Waals surface area contributed by atoms with E-state index in [9.17, 15) is 18.0 Å². The molecule has 18 heavy (non-hydrogen) atoms. The number of benzene rings is 1. The maximum atomic E-state index is 12.0. The maximum absolute atomic E-state index is 12.0. The van der Waals surface area contributed by atoms with Crippen LogP contribution in [0.25, 0.3) is 0 Å². The molecular formula is C11H11F3N2O2. The van der Waals surface area contributed by atoms with Gasteiger partial charge in [-0.05, 0) is 12.1 Å². The van der Waals surface area contributed by atoms with Gasteiger partial charge in [-0.15, -0.1) is 0 Å². The molecule has 0 saturated carbocycles. The van der Waals surface area contributed by atoms with Crippen LogP contribution in [0.4, 0.5) is 29.3 Å². The molecule has 0 atom stereocenters. The molecule has 4 nitrogen and oxygen atoms in total. The van der Waals surface area contributed by atoms with Crippen molar-refractivity contribution >= 4 is 17.5 Å². The Balaban J connectivity index is 2.08. The number of alkyl halides is 3. The van der Waals surface area contributed by atoms with E-state index in [2.05, 4.69) is 10.1 Å². The third kappa shape index (κ3) is 2.85. The number of halogens is 3. The van der Waals surface area contributed by atoms with Crippen molar-refractivity contribution in [2.24, 2.45) is 0 Å². The molecule has 1 aromatic carbocycles. The summed E-state index contributed by atoms with van der Waals surface area (Å²) in [5.74, 6) is 0. The van der Waals surface area contributed by atoms with E-state index in [1.807, 2.05) is 0 Å². The van der Waals surface area contributed by atoms with E-state index in [1.165, 1.54) is 4.90 Å². The molecule has 0 fully saturated rings. The van der Waals surface area contributed by atoms with Crippen LogP contribution in [0.5, 0.6) is 0 Å². The Labute approximate surface area is 101 Å². The average molecular weight is 260 g/mol. The summed E-state index contributed by atoms with van der Waals surface area (Å²) < 4.78 is 40.1. The van der Waals surface area contributed by atoms with E-state index in [0.717, 1.165) is 0 Å². The number of nitrogens with one attached hydrogen (secondary N) is 1. The van der Waals surface area contributed by atoms with Gasteiger partial charge in [-0.3, -0.25) is 4.90 Å². The molecule has 98 valence electrons. The van der Waals surface area contributed by atoms with Gasteiger partial charge in [0.25, 0.3) is 0 Å². The van der Waals surface area contributed by atoms with Gasteiger partial charge < -0.3 is 10.1 Å². The number of para-hydroxylation sites is 2. The van der Waals surface area contributed by atoms with Crippen LogP contribution in [0.3, 0.4) is 0 Å². The number of nitrogens with zero attached hydrogens (tertiary/aromatic N) is 1. The van der Waals surface area contributed by atoms with Crippen molar-refractivity contribution in [3.8, 4) is 0 Å². The first-order chi connectivity index (χ1) is 8.47. The van der Waals surface area contributed by atoms with Crippen molar-refractivity contribution in [1.82, 2.24) is 0 Å². The average Bonchev–Trinajstić information content (AvgIpc) is 2.34. The van der Waals surface area contributed by atoms with E-state index < -0.39 is 18.9 Å². The van der Waals surface area contributed by atoms with Crippen LogP contribution in [0.15, 0.2) is 24.3 Å². The molecule has 1 aromatic rings. The van der Waals surface area contributed by atoms with Crippen LogP contribution < -0.4 is 10.2 Å². The second kappa shape index (κ2) is 4.75. The Morgan fingerprint density at radius 1 is 1.39 bits per heavy atom. The smallest absolute Gasteiger partial charge is 0.422 e. The van der Waals surface area contributed by atoms with Gasteiger partial charge in [-0.2, -0.15) is 13.2 Å². The lowest BCUT2D eigenvalue weighted by molar-refractivity contribution is -0.159. The number of fused-ring (bicyclic) bond motifs is 1. The summed E-state index contributed by atoms with van der Waals surface area (Å²) in [5.41, 5.74) is 1.23. The van der Waals surface area contributed by atoms with Crippen LogP contribution >= 0.6 is 0 Å². The van der Waals surface area contributed by atoms with Crippen LogP contribution in [0.2, 0.25) is 0 Å². The minimum atomic E-state index is -4.51. The zero-order chi connectivity index (χ0) is 13.2. The fourth-order valence-corrected chi connectivity index (χ4v) is 1.69. The van der Waals surface area contributed by atoms with Gasteiger partial charge in [-0.1, -0.05) is 12.1 Å². The fraction of sp³-hybridized carbons (Fsp3) is 0.364. The number of carbonyl (C=O) groups excluding carboxylic acids is 1. The van der Waals surface area contributed by atoms with Gasteiger partial charge in [-0.25, -0.2) is 4.79 Å². The van der Waals surface area contributed by atoms with Gasteiger partial charge in [0.2, 0.25) is 0 Å². The molecule has 0 spiro atoms. The summed E-state index contributed by atoms with van der Waals surface area (Å²) in [6, 6.07) is 6.88. The lowest BCUT2D eigenvalue weighted by Gasteiger charge is -2.29. The highest BCUT2D eigenvalue weighted by Gasteiger charge is 2.32. The minimum absolute atomic E-state index is 0.272. The molecule has 1 aliphatic heterocycles. The molecule has 7 heteroatoms. The second-order valence-corrected chi connectivity index (χ2v) is 3.77. The number of ether oxygens (including phenoxy) is 1. The highest BCUT2D eigenvalue weighted by atomic mass is 19.4. The molecule has 1 heterocycles.